The van der Waals surface area contributed by atoms with E-state index in [-0.39, 0.29) is 31.1 Å². The number of ether oxygens (including phenoxy) is 2. The first-order chi connectivity index (χ1) is 9.04. The second kappa shape index (κ2) is 5.71. The molecule has 0 saturated carbocycles. The lowest BCUT2D eigenvalue weighted by atomic mass is 10.2. The van der Waals surface area contributed by atoms with Crippen LogP contribution in [0.2, 0.25) is 0 Å². The lowest BCUT2D eigenvalue weighted by Gasteiger charge is -2.18. The summed E-state index contributed by atoms with van der Waals surface area (Å²) in [6.45, 7) is 3.73. The molecule has 0 spiro atoms. The number of hydrogen-bond donors (Lipinski definition) is 2. The Morgan fingerprint density at radius 2 is 2.32 bits per heavy atom. The largest absolute Gasteiger partial charge is 0.482 e. The minimum atomic E-state index is -0.239. The van der Waals surface area contributed by atoms with Crippen LogP contribution >= 0.6 is 0 Å². The quantitative estimate of drug-likeness (QED) is 0.861. The summed E-state index contributed by atoms with van der Waals surface area (Å²) in [6.07, 6.45) is 0.00183. The summed E-state index contributed by atoms with van der Waals surface area (Å²) in [4.78, 5) is 22.8. The summed E-state index contributed by atoms with van der Waals surface area (Å²) >= 11 is 0. The van der Waals surface area contributed by atoms with Crippen LogP contribution in [0.3, 0.4) is 0 Å². The molecule has 6 nitrogen and oxygen atoms in total. The first-order valence-corrected chi connectivity index (χ1v) is 6.03. The minimum Gasteiger partial charge on any atom is -0.482 e. The molecule has 2 N–H and O–H groups in total. The van der Waals surface area contributed by atoms with Gasteiger partial charge in [-0.1, -0.05) is 0 Å². The van der Waals surface area contributed by atoms with Gasteiger partial charge >= 0.3 is 0 Å². The van der Waals surface area contributed by atoms with Gasteiger partial charge in [0.25, 0.3) is 5.91 Å². The second-order valence-corrected chi connectivity index (χ2v) is 4.46. The number of rotatable bonds is 4. The van der Waals surface area contributed by atoms with Gasteiger partial charge in [-0.25, -0.2) is 0 Å². The van der Waals surface area contributed by atoms with Crippen LogP contribution in [-0.4, -0.2) is 31.1 Å². The zero-order chi connectivity index (χ0) is 13.8. The molecule has 0 bridgehead atoms. The van der Waals surface area contributed by atoms with Crippen LogP contribution in [0.5, 0.6) is 5.75 Å². The SMILES string of the molecule is CC(C)OCC(=O)Nc1ccc2c(c1)NC(=O)CO2. The Morgan fingerprint density at radius 3 is 3.05 bits per heavy atom. The maximum atomic E-state index is 11.6. The molecule has 2 rings (SSSR count). The van der Waals surface area contributed by atoms with Gasteiger partial charge in [0.1, 0.15) is 12.4 Å². The molecule has 0 aliphatic carbocycles. The van der Waals surface area contributed by atoms with Crippen molar-refractivity contribution in [3.05, 3.63) is 18.2 Å². The third-order valence-corrected chi connectivity index (χ3v) is 2.44. The van der Waals surface area contributed by atoms with Crippen molar-refractivity contribution in [1.82, 2.24) is 0 Å². The fraction of sp³-hybridized carbons (Fsp3) is 0.385. The van der Waals surface area contributed by atoms with Crippen LogP contribution in [0.1, 0.15) is 13.8 Å². The summed E-state index contributed by atoms with van der Waals surface area (Å²) in [7, 11) is 0. The van der Waals surface area contributed by atoms with Crippen molar-refractivity contribution in [1.29, 1.82) is 0 Å². The average Bonchev–Trinajstić information content (AvgIpc) is 2.36. The Morgan fingerprint density at radius 1 is 1.53 bits per heavy atom. The normalized spacial score (nSPS) is 13.5. The monoisotopic (exact) mass is 264 g/mol. The van der Waals surface area contributed by atoms with Crippen molar-refractivity contribution in [3.8, 4) is 5.75 Å². The third kappa shape index (κ3) is 3.69. The van der Waals surface area contributed by atoms with Gasteiger partial charge in [-0.3, -0.25) is 9.59 Å². The molecule has 1 heterocycles. The van der Waals surface area contributed by atoms with Crippen molar-refractivity contribution < 1.29 is 19.1 Å². The zero-order valence-corrected chi connectivity index (χ0v) is 10.9. The van der Waals surface area contributed by atoms with E-state index in [1.807, 2.05) is 13.8 Å². The van der Waals surface area contributed by atoms with Crippen LogP contribution in [0.4, 0.5) is 11.4 Å². The number of anilines is 2. The van der Waals surface area contributed by atoms with Gasteiger partial charge in [-0.05, 0) is 32.0 Å². The Labute approximate surface area is 111 Å². The third-order valence-electron chi connectivity index (χ3n) is 2.44. The second-order valence-electron chi connectivity index (χ2n) is 4.46. The molecule has 1 aliphatic rings. The Hall–Kier alpha value is -2.08. The van der Waals surface area contributed by atoms with Crippen LogP contribution in [0, 0.1) is 0 Å². The number of benzene rings is 1. The predicted molar refractivity (Wildman–Crippen MR) is 70.3 cm³/mol. The summed E-state index contributed by atoms with van der Waals surface area (Å²) in [5, 5.41) is 5.37. The van der Waals surface area contributed by atoms with Crippen LogP contribution < -0.4 is 15.4 Å². The molecule has 19 heavy (non-hydrogen) atoms. The molecule has 0 radical (unpaired) electrons. The fourth-order valence-electron chi connectivity index (χ4n) is 1.60. The highest BCUT2D eigenvalue weighted by Gasteiger charge is 2.16. The van der Waals surface area contributed by atoms with Crippen LogP contribution in [-0.2, 0) is 14.3 Å². The molecule has 6 heteroatoms. The number of nitrogens with one attached hydrogen (secondary N) is 2. The van der Waals surface area contributed by atoms with Gasteiger partial charge < -0.3 is 20.1 Å². The van der Waals surface area contributed by atoms with Crippen molar-refractivity contribution >= 4 is 23.2 Å². The Kier molecular flexibility index (Phi) is 4.01. The number of amides is 2. The van der Waals surface area contributed by atoms with Gasteiger partial charge in [-0.2, -0.15) is 0 Å². The van der Waals surface area contributed by atoms with Crippen LogP contribution in [0.15, 0.2) is 18.2 Å². The van der Waals surface area contributed by atoms with E-state index < -0.39 is 0 Å². The van der Waals surface area contributed by atoms with E-state index in [1.165, 1.54) is 0 Å². The molecule has 0 atom stereocenters. The lowest BCUT2D eigenvalue weighted by Crippen LogP contribution is -2.25. The maximum Gasteiger partial charge on any atom is 0.262 e. The van der Waals surface area contributed by atoms with Gasteiger partial charge in [0.15, 0.2) is 6.61 Å². The van der Waals surface area contributed by atoms with Crippen molar-refractivity contribution in [2.45, 2.75) is 20.0 Å². The molecule has 1 aliphatic heterocycles. The molecule has 0 fully saturated rings. The summed E-state index contributed by atoms with van der Waals surface area (Å²) < 4.78 is 10.4. The molecule has 1 aromatic carbocycles. The predicted octanol–water partition coefficient (Wildman–Crippen LogP) is 1.38. The summed E-state index contributed by atoms with van der Waals surface area (Å²) in [6, 6.07) is 5.07. The van der Waals surface area contributed by atoms with Gasteiger partial charge in [0.2, 0.25) is 5.91 Å². The Bertz CT molecular complexity index is 499. The molecule has 1 aromatic rings. The van der Waals surface area contributed by atoms with E-state index in [2.05, 4.69) is 10.6 Å². The molecular weight excluding hydrogens is 248 g/mol. The molecule has 0 aromatic heterocycles. The standard InChI is InChI=1S/C13H16N2O4/c1-8(2)18-6-12(16)14-9-3-4-11-10(5-9)15-13(17)7-19-11/h3-5,8H,6-7H2,1-2H3,(H,14,16)(H,15,17). The van der Waals surface area contributed by atoms with Gasteiger partial charge in [-0.15, -0.1) is 0 Å². The zero-order valence-electron chi connectivity index (χ0n) is 10.9. The Balaban J connectivity index is 2.00. The van der Waals surface area contributed by atoms with E-state index in [1.54, 1.807) is 18.2 Å². The highest BCUT2D eigenvalue weighted by atomic mass is 16.5. The molecule has 102 valence electrons. The molecular formula is C13H16N2O4. The van der Waals surface area contributed by atoms with Crippen molar-refractivity contribution in [2.75, 3.05) is 23.8 Å². The number of hydrogen-bond acceptors (Lipinski definition) is 4. The average molecular weight is 264 g/mol. The first-order valence-electron chi connectivity index (χ1n) is 6.03. The topological polar surface area (TPSA) is 76.7 Å². The number of carbonyl (C=O) groups is 2. The van der Waals surface area contributed by atoms with Gasteiger partial charge in [0, 0.05) is 5.69 Å². The van der Waals surface area contributed by atoms with E-state index in [0.29, 0.717) is 17.1 Å². The van der Waals surface area contributed by atoms with Crippen LogP contribution in [0.25, 0.3) is 0 Å². The van der Waals surface area contributed by atoms with Gasteiger partial charge in [0.05, 0.1) is 11.8 Å². The van der Waals surface area contributed by atoms with E-state index >= 15 is 0 Å². The summed E-state index contributed by atoms with van der Waals surface area (Å²) in [5.74, 6) is 0.145. The highest BCUT2D eigenvalue weighted by molar-refractivity contribution is 5.97. The highest BCUT2D eigenvalue weighted by Crippen LogP contribution is 2.30. The first kappa shape index (κ1) is 13.4. The molecule has 2 amide bonds. The lowest BCUT2D eigenvalue weighted by molar-refractivity contribution is -0.122. The molecule has 0 saturated heterocycles. The van der Waals surface area contributed by atoms with E-state index in [9.17, 15) is 9.59 Å². The number of carbonyl (C=O) groups excluding carboxylic acids is 2. The van der Waals surface area contributed by atoms with Crippen molar-refractivity contribution in [2.24, 2.45) is 0 Å². The maximum absolute atomic E-state index is 11.6. The number of fused-ring (bicyclic) bond motifs is 1. The summed E-state index contributed by atoms with van der Waals surface area (Å²) in [5.41, 5.74) is 1.14. The minimum absolute atomic E-state index is 0.00183. The van der Waals surface area contributed by atoms with E-state index in [4.69, 9.17) is 9.47 Å². The fourth-order valence-corrected chi connectivity index (χ4v) is 1.60. The molecule has 0 unspecified atom stereocenters. The van der Waals surface area contributed by atoms with Crippen molar-refractivity contribution in [3.63, 3.8) is 0 Å². The van der Waals surface area contributed by atoms with E-state index in [0.717, 1.165) is 0 Å². The smallest absolute Gasteiger partial charge is 0.262 e.